The highest BCUT2D eigenvalue weighted by molar-refractivity contribution is 6.51. The number of aliphatic hydroxyl groups is 1. The van der Waals surface area contributed by atoms with Crippen LogP contribution in [-0.2, 0) is 9.59 Å². The molecule has 0 radical (unpaired) electrons. The van der Waals surface area contributed by atoms with Gasteiger partial charge in [0.25, 0.3) is 11.7 Å². The van der Waals surface area contributed by atoms with Gasteiger partial charge >= 0.3 is 0 Å². The second-order valence-electron chi connectivity index (χ2n) is 8.88. The molecule has 2 N–H and O–H groups in total. The molecule has 1 unspecified atom stereocenters. The second-order valence-corrected chi connectivity index (χ2v) is 8.88. The van der Waals surface area contributed by atoms with Crippen molar-refractivity contribution in [2.75, 3.05) is 11.5 Å². The molecule has 1 saturated heterocycles. The lowest BCUT2D eigenvalue weighted by Crippen LogP contribution is -2.30. The molecular weight excluding hydrogens is 442 g/mol. The van der Waals surface area contributed by atoms with E-state index in [9.17, 15) is 19.8 Å². The summed E-state index contributed by atoms with van der Waals surface area (Å²) >= 11 is 0. The standard InChI is InChI=1S/C29H29NO5/c1-5-14-35-24-13-9-21(16-19(24)4)27(32)25-26(20-7-10-22(31)11-8-20)30(29(34)28(25)33)23-12-6-17(2)15-18(23)3/h6-13,15-16,26,31-32H,5,14H2,1-4H3/b27-25+. The minimum Gasteiger partial charge on any atom is -0.508 e. The van der Waals surface area contributed by atoms with Gasteiger partial charge in [0.05, 0.1) is 18.2 Å². The number of carbonyl (C=O) groups excluding carboxylic acids is 2. The van der Waals surface area contributed by atoms with Crippen LogP contribution in [0.1, 0.15) is 47.2 Å². The normalized spacial score (nSPS) is 17.1. The number of carbonyl (C=O) groups is 2. The largest absolute Gasteiger partial charge is 0.508 e. The summed E-state index contributed by atoms with van der Waals surface area (Å²) in [5, 5.41) is 21.2. The maximum atomic E-state index is 13.3. The van der Waals surface area contributed by atoms with E-state index >= 15 is 0 Å². The quantitative estimate of drug-likeness (QED) is 0.272. The van der Waals surface area contributed by atoms with Crippen LogP contribution in [0.2, 0.25) is 0 Å². The lowest BCUT2D eigenvalue weighted by atomic mass is 9.94. The van der Waals surface area contributed by atoms with E-state index in [0.29, 0.717) is 29.2 Å². The van der Waals surface area contributed by atoms with Crippen molar-refractivity contribution in [3.63, 3.8) is 0 Å². The topological polar surface area (TPSA) is 87.1 Å². The van der Waals surface area contributed by atoms with Gasteiger partial charge in [-0.25, -0.2) is 0 Å². The molecule has 0 saturated carbocycles. The summed E-state index contributed by atoms with van der Waals surface area (Å²) in [6.45, 7) is 8.31. The first-order valence-corrected chi connectivity index (χ1v) is 11.6. The van der Waals surface area contributed by atoms with Gasteiger partial charge in [0.1, 0.15) is 17.3 Å². The molecule has 1 aliphatic rings. The van der Waals surface area contributed by atoms with Crippen molar-refractivity contribution >= 4 is 23.1 Å². The number of nitrogens with zero attached hydrogens (tertiary/aromatic N) is 1. The van der Waals surface area contributed by atoms with Crippen LogP contribution < -0.4 is 9.64 Å². The number of anilines is 1. The van der Waals surface area contributed by atoms with Gasteiger partial charge in [0, 0.05) is 11.3 Å². The molecule has 180 valence electrons. The molecule has 0 aromatic heterocycles. The van der Waals surface area contributed by atoms with E-state index in [0.717, 1.165) is 23.1 Å². The van der Waals surface area contributed by atoms with E-state index in [-0.39, 0.29) is 17.1 Å². The molecule has 0 aliphatic carbocycles. The van der Waals surface area contributed by atoms with Crippen LogP contribution in [0.4, 0.5) is 5.69 Å². The Morgan fingerprint density at radius 2 is 1.66 bits per heavy atom. The zero-order valence-electron chi connectivity index (χ0n) is 20.3. The lowest BCUT2D eigenvalue weighted by Gasteiger charge is -2.27. The van der Waals surface area contributed by atoms with Crippen LogP contribution in [0.5, 0.6) is 11.5 Å². The van der Waals surface area contributed by atoms with Crippen LogP contribution in [0.15, 0.2) is 66.2 Å². The summed E-state index contributed by atoms with van der Waals surface area (Å²) < 4.78 is 5.73. The van der Waals surface area contributed by atoms with E-state index in [2.05, 4.69) is 0 Å². The third kappa shape index (κ3) is 4.52. The van der Waals surface area contributed by atoms with Crippen molar-refractivity contribution in [3.8, 4) is 11.5 Å². The van der Waals surface area contributed by atoms with Crippen molar-refractivity contribution in [2.45, 2.75) is 40.2 Å². The summed E-state index contributed by atoms with van der Waals surface area (Å²) in [5.41, 5.74) is 4.30. The molecule has 3 aromatic carbocycles. The smallest absolute Gasteiger partial charge is 0.300 e. The summed E-state index contributed by atoms with van der Waals surface area (Å²) in [5.74, 6) is -0.954. The van der Waals surface area contributed by atoms with Gasteiger partial charge in [-0.3, -0.25) is 14.5 Å². The number of aliphatic hydroxyl groups excluding tert-OH is 1. The molecule has 3 aromatic rings. The minimum atomic E-state index is -0.853. The number of aryl methyl sites for hydroxylation is 3. The molecule has 35 heavy (non-hydrogen) atoms. The van der Waals surface area contributed by atoms with Crippen molar-refractivity contribution in [1.29, 1.82) is 0 Å². The lowest BCUT2D eigenvalue weighted by molar-refractivity contribution is -0.132. The van der Waals surface area contributed by atoms with Crippen LogP contribution in [0.25, 0.3) is 5.76 Å². The number of hydrogen-bond acceptors (Lipinski definition) is 5. The number of aromatic hydroxyl groups is 1. The van der Waals surface area contributed by atoms with Crippen LogP contribution in [0.3, 0.4) is 0 Å². The molecule has 4 rings (SSSR count). The van der Waals surface area contributed by atoms with E-state index in [1.807, 2.05) is 45.9 Å². The molecule has 6 nitrogen and oxygen atoms in total. The summed E-state index contributed by atoms with van der Waals surface area (Å²) in [6.07, 6.45) is 0.871. The van der Waals surface area contributed by atoms with Gasteiger partial charge in [-0.15, -0.1) is 0 Å². The number of ketones is 1. The Bertz CT molecular complexity index is 1320. The van der Waals surface area contributed by atoms with Gasteiger partial charge in [-0.1, -0.05) is 36.8 Å². The van der Waals surface area contributed by atoms with Gasteiger partial charge in [-0.05, 0) is 80.3 Å². The molecule has 1 fully saturated rings. The SMILES string of the molecule is CCCOc1ccc(/C(O)=C2\C(=O)C(=O)N(c3ccc(C)cc3C)C2c2ccc(O)cc2)cc1C. The number of Topliss-reactive ketones (excluding diaryl/α,β-unsaturated/α-hetero) is 1. The number of rotatable bonds is 6. The van der Waals surface area contributed by atoms with Crippen molar-refractivity contribution in [1.82, 2.24) is 0 Å². The monoisotopic (exact) mass is 471 g/mol. The number of phenols is 1. The molecule has 0 spiro atoms. The minimum absolute atomic E-state index is 0.00212. The average Bonchev–Trinajstić information content (AvgIpc) is 3.09. The Morgan fingerprint density at radius 3 is 2.29 bits per heavy atom. The van der Waals surface area contributed by atoms with Crippen molar-refractivity contribution in [3.05, 3.63) is 94.1 Å². The maximum Gasteiger partial charge on any atom is 0.300 e. The Labute approximate surface area is 205 Å². The molecule has 1 atom stereocenters. The van der Waals surface area contributed by atoms with Crippen LogP contribution in [0, 0.1) is 20.8 Å². The first kappa shape index (κ1) is 24.1. The van der Waals surface area contributed by atoms with E-state index < -0.39 is 17.7 Å². The van der Waals surface area contributed by atoms with Crippen molar-refractivity contribution in [2.24, 2.45) is 0 Å². The summed E-state index contributed by atoms with van der Waals surface area (Å²) in [4.78, 5) is 28.1. The fourth-order valence-electron chi connectivity index (χ4n) is 4.45. The molecular formula is C29H29NO5. The van der Waals surface area contributed by atoms with E-state index in [4.69, 9.17) is 4.74 Å². The first-order valence-electron chi connectivity index (χ1n) is 11.6. The summed E-state index contributed by atoms with van der Waals surface area (Å²) in [6, 6.07) is 16.3. The number of benzene rings is 3. The fraction of sp³-hybridized carbons (Fsp3) is 0.241. The van der Waals surface area contributed by atoms with Gasteiger partial charge < -0.3 is 14.9 Å². The summed E-state index contributed by atoms with van der Waals surface area (Å²) in [7, 11) is 0. The number of hydrogen-bond donors (Lipinski definition) is 2. The maximum absolute atomic E-state index is 13.3. The first-order chi connectivity index (χ1) is 16.7. The van der Waals surface area contributed by atoms with Crippen molar-refractivity contribution < 1.29 is 24.5 Å². The molecule has 1 heterocycles. The van der Waals surface area contributed by atoms with E-state index in [1.54, 1.807) is 30.3 Å². The Hall–Kier alpha value is -4.06. The highest BCUT2D eigenvalue weighted by Gasteiger charge is 2.47. The molecule has 0 bridgehead atoms. The Balaban J connectivity index is 1.89. The molecule has 6 heteroatoms. The van der Waals surface area contributed by atoms with Gasteiger partial charge in [0.15, 0.2) is 0 Å². The predicted molar refractivity (Wildman–Crippen MR) is 136 cm³/mol. The highest BCUT2D eigenvalue weighted by atomic mass is 16.5. The third-order valence-corrected chi connectivity index (χ3v) is 6.18. The number of ether oxygens (including phenoxy) is 1. The van der Waals surface area contributed by atoms with Crippen LogP contribution >= 0.6 is 0 Å². The number of amides is 1. The zero-order valence-corrected chi connectivity index (χ0v) is 20.3. The Morgan fingerprint density at radius 1 is 0.943 bits per heavy atom. The fourth-order valence-corrected chi connectivity index (χ4v) is 4.45. The second kappa shape index (κ2) is 9.66. The molecule has 1 aliphatic heterocycles. The van der Waals surface area contributed by atoms with E-state index in [1.165, 1.54) is 17.0 Å². The predicted octanol–water partition coefficient (Wildman–Crippen LogP) is 5.73. The molecule has 1 amide bonds. The Kier molecular flexibility index (Phi) is 6.65. The number of phenolic OH excluding ortho intramolecular Hbond substituents is 1. The average molecular weight is 472 g/mol. The third-order valence-electron chi connectivity index (χ3n) is 6.18. The highest BCUT2D eigenvalue weighted by Crippen LogP contribution is 2.43. The van der Waals surface area contributed by atoms with Gasteiger partial charge in [0.2, 0.25) is 0 Å². The van der Waals surface area contributed by atoms with Crippen LogP contribution in [-0.4, -0.2) is 28.5 Å². The van der Waals surface area contributed by atoms with Gasteiger partial charge in [-0.2, -0.15) is 0 Å². The zero-order chi connectivity index (χ0) is 25.3.